The summed E-state index contributed by atoms with van der Waals surface area (Å²) in [7, 11) is 0. The topological polar surface area (TPSA) is 84.5 Å². The zero-order valence-electron chi connectivity index (χ0n) is 13.4. The van der Waals surface area contributed by atoms with Gasteiger partial charge in [0, 0.05) is 11.6 Å². The summed E-state index contributed by atoms with van der Waals surface area (Å²) in [6, 6.07) is 13.2. The van der Waals surface area contributed by atoms with Gasteiger partial charge in [-0.3, -0.25) is 20.4 Å². The second-order valence-corrected chi connectivity index (χ2v) is 5.80. The van der Waals surface area contributed by atoms with Gasteiger partial charge in [-0.15, -0.1) is 0 Å². The summed E-state index contributed by atoms with van der Waals surface area (Å²) in [6.07, 6.45) is 2.62. The second kappa shape index (κ2) is 9.60. The lowest BCUT2D eigenvalue weighted by Crippen LogP contribution is -2.43. The van der Waals surface area contributed by atoms with E-state index in [2.05, 4.69) is 10.9 Å². The van der Waals surface area contributed by atoms with Gasteiger partial charge in [-0.1, -0.05) is 47.5 Å². The largest absolute Gasteiger partial charge is 0.452 e. The Morgan fingerprint density at radius 1 is 0.962 bits per heavy atom. The molecule has 0 saturated carbocycles. The Morgan fingerprint density at radius 2 is 1.69 bits per heavy atom. The van der Waals surface area contributed by atoms with Gasteiger partial charge in [0.1, 0.15) is 0 Å². The quantitative estimate of drug-likeness (QED) is 0.465. The van der Waals surface area contributed by atoms with Crippen molar-refractivity contribution in [3.63, 3.8) is 0 Å². The van der Waals surface area contributed by atoms with Crippen molar-refractivity contribution in [2.24, 2.45) is 0 Å². The zero-order valence-corrected chi connectivity index (χ0v) is 14.9. The van der Waals surface area contributed by atoms with Crippen LogP contribution in [0.5, 0.6) is 0 Å². The molecular weight excluding hydrogens is 379 g/mol. The minimum absolute atomic E-state index is 0.357. The molecule has 0 aromatic heterocycles. The lowest BCUT2D eigenvalue weighted by atomic mass is 10.2. The summed E-state index contributed by atoms with van der Waals surface area (Å²) in [5.41, 5.74) is 5.40. The summed E-state index contributed by atoms with van der Waals surface area (Å²) in [4.78, 5) is 34.9. The van der Waals surface area contributed by atoms with Crippen molar-refractivity contribution in [2.45, 2.75) is 0 Å². The molecule has 2 N–H and O–H groups in total. The van der Waals surface area contributed by atoms with E-state index >= 15 is 0 Å². The van der Waals surface area contributed by atoms with Crippen LogP contribution in [0.1, 0.15) is 15.9 Å². The number of nitrogens with one attached hydrogen (secondary N) is 2. The molecule has 0 aliphatic carbocycles. The third-order valence-electron chi connectivity index (χ3n) is 3.05. The first-order valence-electron chi connectivity index (χ1n) is 7.40. The molecule has 6 nitrogen and oxygen atoms in total. The van der Waals surface area contributed by atoms with E-state index in [-0.39, 0.29) is 0 Å². The molecule has 2 aromatic carbocycles. The van der Waals surface area contributed by atoms with Gasteiger partial charge in [-0.05, 0) is 35.9 Å². The van der Waals surface area contributed by atoms with Crippen LogP contribution in [-0.4, -0.2) is 24.4 Å². The Kier molecular flexibility index (Phi) is 7.20. The van der Waals surface area contributed by atoms with Crippen molar-refractivity contribution in [2.75, 3.05) is 6.61 Å². The summed E-state index contributed by atoms with van der Waals surface area (Å²) in [6.45, 7) is -0.542. The smallest absolute Gasteiger partial charge is 0.331 e. The van der Waals surface area contributed by atoms with Crippen LogP contribution >= 0.6 is 23.2 Å². The Morgan fingerprint density at radius 3 is 2.38 bits per heavy atom. The third kappa shape index (κ3) is 6.23. The van der Waals surface area contributed by atoms with E-state index in [0.717, 1.165) is 6.08 Å². The highest BCUT2D eigenvalue weighted by atomic mass is 35.5. The lowest BCUT2D eigenvalue weighted by Gasteiger charge is -2.07. The normalized spacial score (nSPS) is 10.4. The van der Waals surface area contributed by atoms with Gasteiger partial charge in [0.05, 0.1) is 10.0 Å². The molecule has 2 aromatic rings. The standard InChI is InChI=1S/C18H14Cl2N2O4/c19-14-8-6-12(10-15(14)20)7-9-17(24)26-11-16(23)21-22-18(25)13-4-2-1-3-5-13/h1-10H,11H2,(H,21,23)(H,22,25)/b9-7+. The van der Waals surface area contributed by atoms with E-state index in [1.54, 1.807) is 48.5 Å². The van der Waals surface area contributed by atoms with E-state index in [1.807, 2.05) is 0 Å². The van der Waals surface area contributed by atoms with Gasteiger partial charge >= 0.3 is 5.97 Å². The molecule has 0 radical (unpaired) electrons. The van der Waals surface area contributed by atoms with Crippen molar-refractivity contribution in [3.8, 4) is 0 Å². The molecule has 0 aliphatic rings. The minimum Gasteiger partial charge on any atom is -0.452 e. The molecule has 0 unspecified atom stereocenters. The highest BCUT2D eigenvalue weighted by Gasteiger charge is 2.08. The van der Waals surface area contributed by atoms with Gasteiger partial charge in [0.25, 0.3) is 11.8 Å². The van der Waals surface area contributed by atoms with Crippen LogP contribution in [0.15, 0.2) is 54.6 Å². The van der Waals surface area contributed by atoms with E-state index in [9.17, 15) is 14.4 Å². The lowest BCUT2D eigenvalue weighted by molar-refractivity contribution is -0.144. The number of rotatable bonds is 5. The number of carbonyl (C=O) groups is 3. The van der Waals surface area contributed by atoms with E-state index in [1.165, 1.54) is 6.08 Å². The van der Waals surface area contributed by atoms with Gasteiger partial charge in [-0.2, -0.15) is 0 Å². The van der Waals surface area contributed by atoms with Crippen LogP contribution in [0.25, 0.3) is 6.08 Å². The maximum Gasteiger partial charge on any atom is 0.331 e. The molecule has 2 rings (SSSR count). The Balaban J connectivity index is 1.74. The molecule has 134 valence electrons. The number of halogens is 2. The Bertz CT molecular complexity index is 838. The number of hydrazine groups is 1. The Hall–Kier alpha value is -2.83. The number of amides is 2. The zero-order chi connectivity index (χ0) is 18.9. The van der Waals surface area contributed by atoms with Crippen LogP contribution in [-0.2, 0) is 14.3 Å². The molecule has 0 fully saturated rings. The fourth-order valence-electron chi connectivity index (χ4n) is 1.79. The van der Waals surface area contributed by atoms with E-state index < -0.39 is 24.4 Å². The molecule has 8 heteroatoms. The number of hydrogen-bond donors (Lipinski definition) is 2. The van der Waals surface area contributed by atoms with Crippen LogP contribution in [0.4, 0.5) is 0 Å². The maximum atomic E-state index is 11.7. The molecule has 0 spiro atoms. The minimum atomic E-state index is -0.722. The highest BCUT2D eigenvalue weighted by Crippen LogP contribution is 2.23. The van der Waals surface area contributed by atoms with Crippen LogP contribution < -0.4 is 10.9 Å². The van der Waals surface area contributed by atoms with Crippen molar-refractivity contribution in [1.29, 1.82) is 0 Å². The van der Waals surface area contributed by atoms with Gasteiger partial charge < -0.3 is 4.74 Å². The molecule has 0 saturated heterocycles. The van der Waals surface area contributed by atoms with Crippen LogP contribution in [0, 0.1) is 0 Å². The van der Waals surface area contributed by atoms with Gasteiger partial charge in [-0.25, -0.2) is 4.79 Å². The molecule has 0 heterocycles. The number of carbonyl (C=O) groups excluding carboxylic acids is 3. The summed E-state index contributed by atoms with van der Waals surface area (Å²) in [5, 5.41) is 0.760. The first-order valence-corrected chi connectivity index (χ1v) is 8.15. The predicted molar refractivity (Wildman–Crippen MR) is 98.5 cm³/mol. The fourth-order valence-corrected chi connectivity index (χ4v) is 2.10. The molecule has 2 amide bonds. The van der Waals surface area contributed by atoms with E-state index in [4.69, 9.17) is 27.9 Å². The maximum absolute atomic E-state index is 11.7. The first-order chi connectivity index (χ1) is 12.5. The first kappa shape index (κ1) is 19.5. The van der Waals surface area contributed by atoms with Crippen LogP contribution in [0.2, 0.25) is 10.0 Å². The van der Waals surface area contributed by atoms with E-state index in [0.29, 0.717) is 21.2 Å². The highest BCUT2D eigenvalue weighted by molar-refractivity contribution is 6.42. The van der Waals surface area contributed by atoms with Gasteiger partial charge in [0.2, 0.25) is 0 Å². The van der Waals surface area contributed by atoms with Crippen molar-refractivity contribution >= 4 is 47.1 Å². The predicted octanol–water partition coefficient (Wildman–Crippen LogP) is 3.01. The summed E-state index contributed by atoms with van der Waals surface area (Å²) < 4.78 is 4.77. The van der Waals surface area contributed by atoms with Crippen LogP contribution in [0.3, 0.4) is 0 Å². The summed E-state index contributed by atoms with van der Waals surface area (Å²) in [5.74, 6) is -1.88. The SMILES string of the molecule is O=C(COC(=O)/C=C/c1ccc(Cl)c(Cl)c1)NNC(=O)c1ccccc1. The van der Waals surface area contributed by atoms with Crippen molar-refractivity contribution in [1.82, 2.24) is 10.9 Å². The number of esters is 1. The average Bonchev–Trinajstić information content (AvgIpc) is 2.66. The average molecular weight is 393 g/mol. The molecule has 0 atom stereocenters. The third-order valence-corrected chi connectivity index (χ3v) is 3.79. The number of hydrogen-bond acceptors (Lipinski definition) is 4. The van der Waals surface area contributed by atoms with Crippen molar-refractivity contribution < 1.29 is 19.1 Å². The number of ether oxygens (including phenoxy) is 1. The van der Waals surface area contributed by atoms with Crippen molar-refractivity contribution in [3.05, 3.63) is 75.8 Å². The summed E-state index contributed by atoms with van der Waals surface area (Å²) >= 11 is 11.7. The fraction of sp³-hybridized carbons (Fsp3) is 0.0556. The molecular formula is C18H14Cl2N2O4. The molecule has 0 bridgehead atoms. The Labute approximate surface area is 159 Å². The number of benzene rings is 2. The van der Waals surface area contributed by atoms with Gasteiger partial charge in [0.15, 0.2) is 6.61 Å². The molecule has 26 heavy (non-hydrogen) atoms. The molecule has 0 aliphatic heterocycles. The monoisotopic (exact) mass is 392 g/mol. The second-order valence-electron chi connectivity index (χ2n) is 4.98.